The zero-order valence-electron chi connectivity index (χ0n) is 15.7. The monoisotopic (exact) mass is 360 g/mol. The fourth-order valence-corrected chi connectivity index (χ4v) is 3.62. The first-order valence-electron chi connectivity index (χ1n) is 9.05. The Morgan fingerprint density at radius 2 is 1.70 bits per heavy atom. The van der Waals surface area contributed by atoms with Gasteiger partial charge in [-0.1, -0.05) is 0 Å². The van der Waals surface area contributed by atoms with Crippen molar-refractivity contribution in [1.82, 2.24) is 39.8 Å². The maximum absolute atomic E-state index is 4.75. The standard InChI is InChI=1S/C19H20N8/c1-10-7-17(25-27-12(3)21-23-19(10)27)18-9-16(24-26(18)4)14-8-13(14)15-6-5-11(2)20-22-15/h5-7,9,13-14H,8H2,1-4H3. The van der Waals surface area contributed by atoms with E-state index >= 15 is 0 Å². The molecule has 0 bridgehead atoms. The van der Waals surface area contributed by atoms with Crippen LogP contribution >= 0.6 is 0 Å². The van der Waals surface area contributed by atoms with Crippen LogP contribution in [0.2, 0.25) is 0 Å². The summed E-state index contributed by atoms with van der Waals surface area (Å²) < 4.78 is 3.69. The van der Waals surface area contributed by atoms with Crippen LogP contribution in [0.5, 0.6) is 0 Å². The molecule has 27 heavy (non-hydrogen) atoms. The third kappa shape index (κ3) is 2.59. The number of rotatable bonds is 3. The Hall–Kier alpha value is -3.16. The topological polar surface area (TPSA) is 86.7 Å². The zero-order chi connectivity index (χ0) is 18.7. The molecule has 0 spiro atoms. The molecular formula is C19H20N8. The van der Waals surface area contributed by atoms with Crippen LogP contribution in [0.3, 0.4) is 0 Å². The van der Waals surface area contributed by atoms with Crippen LogP contribution in [-0.2, 0) is 7.05 Å². The van der Waals surface area contributed by atoms with Gasteiger partial charge in [-0.3, -0.25) is 4.68 Å². The van der Waals surface area contributed by atoms with Crippen LogP contribution in [-0.4, -0.2) is 39.8 Å². The van der Waals surface area contributed by atoms with Crippen molar-refractivity contribution in [2.45, 2.75) is 39.0 Å². The van der Waals surface area contributed by atoms with E-state index in [0.717, 1.165) is 51.9 Å². The Morgan fingerprint density at radius 3 is 2.48 bits per heavy atom. The van der Waals surface area contributed by atoms with Crippen LogP contribution in [0, 0.1) is 20.8 Å². The summed E-state index contributed by atoms with van der Waals surface area (Å²) in [5.74, 6) is 1.57. The highest BCUT2D eigenvalue weighted by atomic mass is 15.4. The molecular weight excluding hydrogens is 340 g/mol. The van der Waals surface area contributed by atoms with Gasteiger partial charge < -0.3 is 0 Å². The molecule has 1 aliphatic carbocycles. The summed E-state index contributed by atoms with van der Waals surface area (Å²) in [5.41, 5.74) is 6.77. The van der Waals surface area contributed by atoms with Crippen molar-refractivity contribution in [2.24, 2.45) is 7.05 Å². The highest BCUT2D eigenvalue weighted by molar-refractivity contribution is 5.60. The third-order valence-electron chi connectivity index (χ3n) is 5.24. The number of nitrogens with zero attached hydrogens (tertiary/aromatic N) is 8. The Bertz CT molecular complexity index is 1150. The smallest absolute Gasteiger partial charge is 0.180 e. The maximum Gasteiger partial charge on any atom is 0.180 e. The molecule has 4 aromatic heterocycles. The number of hydrogen-bond acceptors (Lipinski definition) is 6. The van der Waals surface area contributed by atoms with E-state index in [1.165, 1.54) is 0 Å². The molecule has 136 valence electrons. The van der Waals surface area contributed by atoms with Crippen molar-refractivity contribution in [2.75, 3.05) is 0 Å². The van der Waals surface area contributed by atoms with Gasteiger partial charge in [0.05, 0.1) is 22.8 Å². The molecule has 0 aliphatic heterocycles. The van der Waals surface area contributed by atoms with E-state index in [4.69, 9.17) is 10.2 Å². The Labute approximate surface area is 156 Å². The average Bonchev–Trinajstić information content (AvgIpc) is 3.22. The van der Waals surface area contributed by atoms with Gasteiger partial charge in [0.25, 0.3) is 0 Å². The van der Waals surface area contributed by atoms with Gasteiger partial charge in [0, 0.05) is 18.9 Å². The van der Waals surface area contributed by atoms with Crippen molar-refractivity contribution in [1.29, 1.82) is 0 Å². The van der Waals surface area contributed by atoms with Crippen LogP contribution < -0.4 is 0 Å². The third-order valence-corrected chi connectivity index (χ3v) is 5.24. The minimum absolute atomic E-state index is 0.392. The first-order valence-corrected chi connectivity index (χ1v) is 9.05. The summed E-state index contributed by atoms with van der Waals surface area (Å²) in [6, 6.07) is 8.27. The van der Waals surface area contributed by atoms with Gasteiger partial charge in [-0.15, -0.1) is 10.2 Å². The summed E-state index contributed by atoms with van der Waals surface area (Å²) in [6.45, 7) is 5.89. The molecule has 1 fully saturated rings. The van der Waals surface area contributed by atoms with E-state index in [2.05, 4.69) is 32.5 Å². The highest BCUT2D eigenvalue weighted by Crippen LogP contribution is 2.53. The fourth-order valence-electron chi connectivity index (χ4n) is 3.62. The molecule has 4 aromatic rings. The van der Waals surface area contributed by atoms with Crippen LogP contribution in [0.4, 0.5) is 0 Å². The van der Waals surface area contributed by atoms with E-state index < -0.39 is 0 Å². The van der Waals surface area contributed by atoms with E-state index in [0.29, 0.717) is 11.8 Å². The molecule has 1 aliphatic rings. The molecule has 0 radical (unpaired) electrons. The molecule has 2 atom stereocenters. The van der Waals surface area contributed by atoms with Crippen molar-refractivity contribution in [3.8, 4) is 11.4 Å². The molecule has 8 heteroatoms. The summed E-state index contributed by atoms with van der Waals surface area (Å²) in [4.78, 5) is 0. The van der Waals surface area contributed by atoms with E-state index in [-0.39, 0.29) is 0 Å². The first kappa shape index (κ1) is 16.0. The molecule has 0 amide bonds. The van der Waals surface area contributed by atoms with Crippen LogP contribution in [0.1, 0.15) is 46.7 Å². The second kappa shape index (κ2) is 5.67. The van der Waals surface area contributed by atoms with Gasteiger partial charge in [0.15, 0.2) is 11.5 Å². The minimum Gasteiger partial charge on any atom is -0.266 e. The zero-order valence-corrected chi connectivity index (χ0v) is 15.7. The summed E-state index contributed by atoms with van der Waals surface area (Å²) in [5, 5.41) is 26.3. The molecule has 0 saturated heterocycles. The fraction of sp³-hybridized carbons (Fsp3) is 0.368. The lowest BCUT2D eigenvalue weighted by molar-refractivity contribution is 0.739. The molecule has 1 saturated carbocycles. The van der Waals surface area contributed by atoms with Crippen molar-refractivity contribution in [3.05, 3.63) is 52.7 Å². The quantitative estimate of drug-likeness (QED) is 0.558. The van der Waals surface area contributed by atoms with Crippen molar-refractivity contribution in [3.63, 3.8) is 0 Å². The Kier molecular flexibility index (Phi) is 3.37. The first-order chi connectivity index (χ1) is 13.0. The SMILES string of the molecule is Cc1ccc(C2CC2c2cc(-c3cc(C)c4nnc(C)n4n3)n(C)n2)nn1. The number of aromatic nitrogens is 8. The van der Waals surface area contributed by atoms with Gasteiger partial charge in [-0.05, 0) is 57.0 Å². The largest absolute Gasteiger partial charge is 0.266 e. The summed E-state index contributed by atoms with van der Waals surface area (Å²) in [7, 11) is 1.96. The Morgan fingerprint density at radius 1 is 0.889 bits per heavy atom. The average molecular weight is 360 g/mol. The second-order valence-corrected chi connectivity index (χ2v) is 7.32. The van der Waals surface area contributed by atoms with Gasteiger partial charge >= 0.3 is 0 Å². The summed E-state index contributed by atoms with van der Waals surface area (Å²) in [6.07, 6.45) is 1.06. The van der Waals surface area contributed by atoms with Gasteiger partial charge in [0.2, 0.25) is 0 Å². The lowest BCUT2D eigenvalue weighted by atomic mass is 10.1. The molecule has 5 rings (SSSR count). The number of hydrogen-bond donors (Lipinski definition) is 0. The van der Waals surface area contributed by atoms with Crippen LogP contribution in [0.25, 0.3) is 17.0 Å². The predicted octanol–water partition coefficient (Wildman–Crippen LogP) is 2.51. The van der Waals surface area contributed by atoms with Crippen LogP contribution in [0.15, 0.2) is 24.3 Å². The van der Waals surface area contributed by atoms with E-state index in [1.807, 2.05) is 44.6 Å². The molecule has 0 N–H and O–H groups in total. The lowest BCUT2D eigenvalue weighted by Crippen LogP contribution is -2.02. The number of fused-ring (bicyclic) bond motifs is 1. The molecule has 2 unspecified atom stereocenters. The van der Waals surface area contributed by atoms with Gasteiger partial charge in [0.1, 0.15) is 5.69 Å². The van der Waals surface area contributed by atoms with E-state index in [9.17, 15) is 0 Å². The predicted molar refractivity (Wildman–Crippen MR) is 99.3 cm³/mol. The van der Waals surface area contributed by atoms with Crippen molar-refractivity contribution >= 4 is 5.65 Å². The highest BCUT2D eigenvalue weighted by Gasteiger charge is 2.42. The number of aryl methyl sites for hydroxylation is 4. The normalized spacial score (nSPS) is 19.0. The van der Waals surface area contributed by atoms with Crippen molar-refractivity contribution < 1.29 is 0 Å². The molecule has 8 nitrogen and oxygen atoms in total. The van der Waals surface area contributed by atoms with E-state index in [1.54, 1.807) is 4.52 Å². The summed E-state index contributed by atoms with van der Waals surface area (Å²) >= 11 is 0. The van der Waals surface area contributed by atoms with Gasteiger partial charge in [-0.2, -0.15) is 24.9 Å². The second-order valence-electron chi connectivity index (χ2n) is 7.32. The maximum atomic E-state index is 4.75. The Balaban J connectivity index is 1.49. The van der Waals surface area contributed by atoms with Gasteiger partial charge in [-0.25, -0.2) is 0 Å². The molecule has 4 heterocycles. The molecule has 0 aromatic carbocycles. The lowest BCUT2D eigenvalue weighted by Gasteiger charge is -2.04. The minimum atomic E-state index is 0.392.